The summed E-state index contributed by atoms with van der Waals surface area (Å²) in [7, 11) is 0. The van der Waals surface area contributed by atoms with Crippen molar-refractivity contribution in [1.82, 2.24) is 10.2 Å². The van der Waals surface area contributed by atoms with Crippen LogP contribution in [0.4, 0.5) is 11.4 Å². The number of ether oxygens (including phenoxy) is 1. The quantitative estimate of drug-likeness (QED) is 0.526. The van der Waals surface area contributed by atoms with E-state index >= 15 is 0 Å². The molecule has 1 N–H and O–H groups in total. The molecule has 1 saturated heterocycles. The third kappa shape index (κ3) is 5.05. The molecule has 2 aliphatic heterocycles. The summed E-state index contributed by atoms with van der Waals surface area (Å²) >= 11 is 0. The molecule has 2 aromatic rings. The van der Waals surface area contributed by atoms with Gasteiger partial charge in [-0.1, -0.05) is 30.7 Å². The summed E-state index contributed by atoms with van der Waals surface area (Å²) in [6, 6.07) is 12.0. The summed E-state index contributed by atoms with van der Waals surface area (Å²) in [5.41, 5.74) is 2.28. The number of nitro benzene ring substituents is 1. The fourth-order valence-electron chi connectivity index (χ4n) is 4.11. The van der Waals surface area contributed by atoms with Crippen LogP contribution < -0.4 is 15.0 Å². The maximum absolute atomic E-state index is 12.7. The average Bonchev–Trinajstić information content (AvgIpc) is 2.80. The van der Waals surface area contributed by atoms with Crippen molar-refractivity contribution in [3.63, 3.8) is 0 Å². The third-order valence-electron chi connectivity index (χ3n) is 5.84. The molecule has 0 aliphatic carbocycles. The first-order valence-corrected chi connectivity index (χ1v) is 10.8. The Bertz CT molecular complexity index is 1020. The van der Waals surface area contributed by atoms with Gasteiger partial charge in [0, 0.05) is 25.2 Å². The Labute approximate surface area is 186 Å². The van der Waals surface area contributed by atoms with Gasteiger partial charge >= 0.3 is 0 Å². The number of anilines is 1. The van der Waals surface area contributed by atoms with Gasteiger partial charge in [-0.25, -0.2) is 0 Å². The molecule has 0 spiro atoms. The number of hydrogen-bond acceptors (Lipinski definition) is 6. The van der Waals surface area contributed by atoms with Crippen molar-refractivity contribution >= 4 is 23.2 Å². The standard InChI is InChI=1S/C23H26N4O5/c28-22(15-26-20-12-19(27(30)31)8-9-21(20)32-16-23(26)29)24-13-17-6-2-3-7-18(17)14-25-10-4-1-5-11-25/h2-3,6-9,12H,1,4-5,10-11,13-16H2,(H,24,28). The predicted octanol–water partition coefficient (Wildman–Crippen LogP) is 2.62. The van der Waals surface area contributed by atoms with Crippen LogP contribution in [0.2, 0.25) is 0 Å². The van der Waals surface area contributed by atoms with Gasteiger partial charge < -0.3 is 10.1 Å². The van der Waals surface area contributed by atoms with Crippen molar-refractivity contribution in [2.24, 2.45) is 0 Å². The number of nitrogens with zero attached hydrogens (tertiary/aromatic N) is 3. The Morgan fingerprint density at radius 1 is 1.09 bits per heavy atom. The second kappa shape index (κ2) is 9.78. The van der Waals surface area contributed by atoms with Crippen LogP contribution in [0.1, 0.15) is 30.4 Å². The molecule has 0 bridgehead atoms. The molecule has 9 nitrogen and oxygen atoms in total. The van der Waals surface area contributed by atoms with Crippen molar-refractivity contribution in [1.29, 1.82) is 0 Å². The van der Waals surface area contributed by atoms with Crippen molar-refractivity contribution in [3.8, 4) is 5.75 Å². The van der Waals surface area contributed by atoms with E-state index < -0.39 is 10.8 Å². The maximum Gasteiger partial charge on any atom is 0.271 e. The van der Waals surface area contributed by atoms with E-state index in [2.05, 4.69) is 16.3 Å². The minimum atomic E-state index is -0.545. The first kappa shape index (κ1) is 21.8. The third-order valence-corrected chi connectivity index (χ3v) is 5.84. The summed E-state index contributed by atoms with van der Waals surface area (Å²) in [5.74, 6) is -0.418. The Morgan fingerprint density at radius 3 is 2.59 bits per heavy atom. The first-order chi connectivity index (χ1) is 15.5. The van der Waals surface area contributed by atoms with Crippen LogP contribution >= 0.6 is 0 Å². The van der Waals surface area contributed by atoms with Crippen LogP contribution in [0.5, 0.6) is 5.75 Å². The number of amides is 2. The number of benzene rings is 2. The van der Waals surface area contributed by atoms with E-state index in [1.165, 1.54) is 47.9 Å². The maximum atomic E-state index is 12.7. The van der Waals surface area contributed by atoms with Gasteiger partial charge in [0.25, 0.3) is 11.6 Å². The van der Waals surface area contributed by atoms with E-state index in [0.29, 0.717) is 12.3 Å². The number of hydrogen-bond donors (Lipinski definition) is 1. The number of nitrogens with one attached hydrogen (secondary N) is 1. The molecule has 2 aromatic carbocycles. The van der Waals surface area contributed by atoms with Gasteiger partial charge in [0.2, 0.25) is 5.91 Å². The molecule has 168 valence electrons. The minimum Gasteiger partial charge on any atom is -0.482 e. The fraction of sp³-hybridized carbons (Fsp3) is 0.391. The van der Waals surface area contributed by atoms with E-state index in [1.54, 1.807) is 0 Å². The Morgan fingerprint density at radius 2 is 1.84 bits per heavy atom. The van der Waals surface area contributed by atoms with E-state index in [4.69, 9.17) is 4.74 Å². The molecule has 0 atom stereocenters. The molecule has 2 amide bonds. The van der Waals surface area contributed by atoms with Crippen LogP contribution in [0.15, 0.2) is 42.5 Å². The molecule has 4 rings (SSSR count). The van der Waals surface area contributed by atoms with Crippen molar-refractivity contribution in [2.75, 3.05) is 31.1 Å². The SMILES string of the molecule is O=C(CN1C(=O)COc2ccc([N+](=O)[O-])cc21)NCc1ccccc1CN1CCCCC1. The molecular weight excluding hydrogens is 412 g/mol. The lowest BCUT2D eigenvalue weighted by atomic mass is 10.0. The number of piperidine rings is 1. The zero-order chi connectivity index (χ0) is 22.5. The molecule has 1 fully saturated rings. The lowest BCUT2D eigenvalue weighted by Crippen LogP contribution is -2.45. The van der Waals surface area contributed by atoms with Gasteiger partial charge in [-0.2, -0.15) is 0 Å². The van der Waals surface area contributed by atoms with Gasteiger partial charge in [-0.3, -0.25) is 29.5 Å². The highest BCUT2D eigenvalue weighted by atomic mass is 16.6. The molecule has 0 radical (unpaired) electrons. The van der Waals surface area contributed by atoms with Crippen LogP contribution in [-0.4, -0.2) is 47.9 Å². The summed E-state index contributed by atoms with van der Waals surface area (Å²) in [5, 5.41) is 14.0. The van der Waals surface area contributed by atoms with Crippen molar-refractivity contribution < 1.29 is 19.2 Å². The van der Waals surface area contributed by atoms with E-state index in [1.807, 2.05) is 18.2 Å². The van der Waals surface area contributed by atoms with Crippen molar-refractivity contribution in [2.45, 2.75) is 32.4 Å². The second-order valence-electron chi connectivity index (χ2n) is 8.06. The lowest BCUT2D eigenvalue weighted by molar-refractivity contribution is -0.384. The molecule has 0 saturated carbocycles. The summed E-state index contributed by atoms with van der Waals surface area (Å²) in [6.07, 6.45) is 3.71. The zero-order valence-corrected chi connectivity index (χ0v) is 17.8. The largest absolute Gasteiger partial charge is 0.482 e. The van der Waals surface area contributed by atoms with Gasteiger partial charge in [0.15, 0.2) is 6.61 Å². The number of carbonyl (C=O) groups excluding carboxylic acids is 2. The minimum absolute atomic E-state index is 0.168. The molecule has 9 heteroatoms. The normalized spacial score (nSPS) is 16.2. The molecule has 2 heterocycles. The van der Waals surface area contributed by atoms with E-state index in [0.717, 1.165) is 25.2 Å². The van der Waals surface area contributed by atoms with E-state index in [-0.39, 0.29) is 30.4 Å². The van der Waals surface area contributed by atoms with Gasteiger partial charge in [0.1, 0.15) is 12.3 Å². The average molecular weight is 438 g/mol. The molecule has 32 heavy (non-hydrogen) atoms. The van der Waals surface area contributed by atoms with Crippen LogP contribution in [0, 0.1) is 10.1 Å². The number of rotatable bonds is 7. The number of carbonyl (C=O) groups is 2. The van der Waals surface area contributed by atoms with Crippen LogP contribution in [-0.2, 0) is 22.7 Å². The Balaban J connectivity index is 1.41. The monoisotopic (exact) mass is 438 g/mol. The van der Waals surface area contributed by atoms with Gasteiger partial charge in [0.05, 0.1) is 10.6 Å². The smallest absolute Gasteiger partial charge is 0.271 e. The zero-order valence-electron chi connectivity index (χ0n) is 17.8. The van der Waals surface area contributed by atoms with Crippen molar-refractivity contribution in [3.05, 3.63) is 63.7 Å². The van der Waals surface area contributed by atoms with Gasteiger partial charge in [-0.15, -0.1) is 0 Å². The van der Waals surface area contributed by atoms with Crippen LogP contribution in [0.25, 0.3) is 0 Å². The Kier molecular flexibility index (Phi) is 6.65. The number of fused-ring (bicyclic) bond motifs is 1. The highest BCUT2D eigenvalue weighted by molar-refractivity contribution is 6.02. The highest BCUT2D eigenvalue weighted by Gasteiger charge is 2.29. The number of nitro groups is 1. The predicted molar refractivity (Wildman–Crippen MR) is 118 cm³/mol. The molecule has 0 unspecified atom stereocenters. The number of likely N-dealkylation sites (tertiary alicyclic amines) is 1. The van der Waals surface area contributed by atoms with E-state index in [9.17, 15) is 19.7 Å². The van der Waals surface area contributed by atoms with Crippen LogP contribution in [0.3, 0.4) is 0 Å². The number of non-ortho nitro benzene ring substituents is 1. The highest BCUT2D eigenvalue weighted by Crippen LogP contribution is 2.35. The molecular formula is C23H26N4O5. The summed E-state index contributed by atoms with van der Waals surface area (Å²) in [4.78, 5) is 39.3. The summed E-state index contributed by atoms with van der Waals surface area (Å²) in [6.45, 7) is 2.94. The Hall–Kier alpha value is -3.46. The lowest BCUT2D eigenvalue weighted by Gasteiger charge is -2.29. The molecule has 0 aromatic heterocycles. The first-order valence-electron chi connectivity index (χ1n) is 10.8. The second-order valence-corrected chi connectivity index (χ2v) is 8.06. The fourth-order valence-corrected chi connectivity index (χ4v) is 4.11. The van der Waals surface area contributed by atoms with Gasteiger partial charge in [-0.05, 0) is 43.1 Å². The summed E-state index contributed by atoms with van der Waals surface area (Å²) < 4.78 is 5.35. The molecule has 2 aliphatic rings. The topological polar surface area (TPSA) is 105 Å².